The van der Waals surface area contributed by atoms with Crippen molar-refractivity contribution >= 4 is 46.3 Å². The monoisotopic (exact) mass is 448 g/mol. The van der Waals surface area contributed by atoms with Crippen LogP contribution in [-0.4, -0.2) is 31.1 Å². The highest BCUT2D eigenvalue weighted by atomic mass is 35.5. The molecule has 28 heavy (non-hydrogen) atoms. The van der Waals surface area contributed by atoms with Gasteiger partial charge in [0.1, 0.15) is 11.4 Å². The van der Waals surface area contributed by atoms with Gasteiger partial charge in [-0.15, -0.1) is 11.3 Å². The number of hydrogen-bond acceptors (Lipinski definition) is 6. The van der Waals surface area contributed by atoms with Gasteiger partial charge in [0.25, 0.3) is 0 Å². The Morgan fingerprint density at radius 3 is 2.50 bits per heavy atom. The molecule has 3 heterocycles. The van der Waals surface area contributed by atoms with Gasteiger partial charge in [-0.1, -0.05) is 41.0 Å². The van der Waals surface area contributed by atoms with Crippen molar-refractivity contribution < 1.29 is 5.21 Å². The Morgan fingerprint density at radius 1 is 1.11 bits per heavy atom. The van der Waals surface area contributed by atoms with E-state index in [9.17, 15) is 5.21 Å². The predicted octanol–water partition coefficient (Wildman–Crippen LogP) is 6.31. The maximum absolute atomic E-state index is 11.1. The van der Waals surface area contributed by atoms with Crippen molar-refractivity contribution in [3.05, 3.63) is 57.5 Å². The average molecular weight is 449 g/mol. The van der Waals surface area contributed by atoms with Crippen LogP contribution in [0.4, 0.5) is 0 Å². The molecule has 0 bridgehead atoms. The molecule has 0 fully saturated rings. The zero-order chi connectivity index (χ0) is 19.8. The summed E-state index contributed by atoms with van der Waals surface area (Å²) in [7, 11) is 0. The smallest absolute Gasteiger partial charge is 0.187 e. The van der Waals surface area contributed by atoms with Gasteiger partial charge in [0, 0.05) is 6.20 Å². The topological polar surface area (TPSA) is 63.8 Å². The number of rotatable bonds is 4. The fourth-order valence-electron chi connectivity index (χ4n) is 2.86. The molecule has 0 amide bonds. The first-order valence-electron chi connectivity index (χ1n) is 8.19. The molecule has 0 spiro atoms. The number of imidazole rings is 1. The van der Waals surface area contributed by atoms with Gasteiger partial charge in [-0.05, 0) is 48.4 Å². The van der Waals surface area contributed by atoms with Gasteiger partial charge in [0.2, 0.25) is 0 Å². The van der Waals surface area contributed by atoms with E-state index in [0.29, 0.717) is 37.8 Å². The summed E-state index contributed by atoms with van der Waals surface area (Å²) in [6, 6.07) is 8.93. The molecule has 0 radical (unpaired) electrons. The third kappa shape index (κ3) is 3.28. The molecule has 0 unspecified atom stereocenters. The highest BCUT2D eigenvalue weighted by Crippen LogP contribution is 2.41. The van der Waals surface area contributed by atoms with Crippen LogP contribution >= 0.6 is 46.3 Å². The van der Waals surface area contributed by atoms with Crippen LogP contribution in [0.1, 0.15) is 5.56 Å². The van der Waals surface area contributed by atoms with Crippen molar-refractivity contribution in [2.75, 3.05) is 6.26 Å². The highest BCUT2D eigenvalue weighted by Gasteiger charge is 2.26. The molecule has 4 aromatic rings. The number of aryl methyl sites for hydroxylation is 1. The molecule has 0 atom stereocenters. The SMILES string of the molecule is CSc1nccc(-c2c(-c3sccc3C)nc(-c3c(Cl)cccc3Cl)n2O)n1. The Labute approximate surface area is 180 Å². The van der Waals surface area contributed by atoms with E-state index in [1.165, 1.54) is 11.8 Å². The quantitative estimate of drug-likeness (QED) is 0.225. The molecule has 0 saturated carbocycles. The fourth-order valence-corrected chi connectivity index (χ4v) is 4.70. The molecular formula is C19H14Cl2N4OS2. The number of nitrogens with zero attached hydrogens (tertiary/aromatic N) is 4. The minimum Gasteiger partial charge on any atom is -0.426 e. The van der Waals surface area contributed by atoms with E-state index in [-0.39, 0.29) is 5.82 Å². The second kappa shape index (κ2) is 7.75. The summed E-state index contributed by atoms with van der Waals surface area (Å²) in [5.74, 6) is 0.262. The first-order chi connectivity index (χ1) is 13.5. The summed E-state index contributed by atoms with van der Waals surface area (Å²) in [5.41, 5.74) is 3.17. The normalized spacial score (nSPS) is 11.1. The van der Waals surface area contributed by atoms with Crippen LogP contribution in [0.15, 0.2) is 47.1 Å². The highest BCUT2D eigenvalue weighted by molar-refractivity contribution is 7.98. The standard InChI is InChI=1S/C19H14Cl2N4OS2/c1-10-7-9-28-17(10)15-16(13-6-8-22-19(23-13)27-2)25(26)18(24-15)14-11(20)4-3-5-12(14)21/h3-9,26H,1-2H3. The molecule has 9 heteroatoms. The molecule has 0 saturated heterocycles. The Bertz CT molecular complexity index is 1150. The van der Waals surface area contributed by atoms with Gasteiger partial charge in [-0.3, -0.25) is 0 Å². The number of aromatic nitrogens is 4. The number of thiophene rings is 1. The molecule has 0 aliphatic heterocycles. The van der Waals surface area contributed by atoms with Gasteiger partial charge in [-0.2, -0.15) is 4.73 Å². The van der Waals surface area contributed by atoms with Crippen molar-refractivity contribution in [1.29, 1.82) is 0 Å². The van der Waals surface area contributed by atoms with Gasteiger partial charge in [0.15, 0.2) is 11.0 Å². The molecule has 4 rings (SSSR count). The van der Waals surface area contributed by atoms with Crippen molar-refractivity contribution in [3.8, 4) is 33.3 Å². The Hall–Kier alpha value is -2.06. The molecule has 142 valence electrons. The number of thioether (sulfide) groups is 1. The molecule has 3 aromatic heterocycles. The van der Waals surface area contributed by atoms with Crippen molar-refractivity contribution in [3.63, 3.8) is 0 Å². The van der Waals surface area contributed by atoms with Crippen LogP contribution in [0.25, 0.3) is 33.3 Å². The van der Waals surface area contributed by atoms with Gasteiger partial charge in [0.05, 0.1) is 26.2 Å². The van der Waals surface area contributed by atoms with Crippen LogP contribution < -0.4 is 0 Å². The molecule has 0 aliphatic rings. The lowest BCUT2D eigenvalue weighted by Gasteiger charge is -2.08. The van der Waals surface area contributed by atoms with Crippen molar-refractivity contribution in [1.82, 2.24) is 19.7 Å². The Kier molecular flexibility index (Phi) is 5.33. The maximum Gasteiger partial charge on any atom is 0.187 e. The minimum atomic E-state index is 0.262. The van der Waals surface area contributed by atoms with E-state index in [0.717, 1.165) is 15.2 Å². The lowest BCUT2D eigenvalue weighted by Crippen LogP contribution is -2.00. The van der Waals surface area contributed by atoms with Crippen LogP contribution in [0.2, 0.25) is 10.0 Å². The van der Waals surface area contributed by atoms with E-state index < -0.39 is 0 Å². The molecule has 1 aromatic carbocycles. The summed E-state index contributed by atoms with van der Waals surface area (Å²) >= 11 is 15.7. The number of hydrogen-bond donors (Lipinski definition) is 1. The first-order valence-corrected chi connectivity index (χ1v) is 11.1. The molecule has 1 N–H and O–H groups in total. The zero-order valence-electron chi connectivity index (χ0n) is 14.8. The van der Waals surface area contributed by atoms with E-state index in [4.69, 9.17) is 28.2 Å². The van der Waals surface area contributed by atoms with Crippen molar-refractivity contribution in [2.45, 2.75) is 12.1 Å². The summed E-state index contributed by atoms with van der Waals surface area (Å²) in [6.45, 7) is 2.00. The molecular weight excluding hydrogens is 435 g/mol. The van der Waals surface area contributed by atoms with Gasteiger partial charge < -0.3 is 5.21 Å². The van der Waals surface area contributed by atoms with E-state index in [1.54, 1.807) is 41.8 Å². The lowest BCUT2D eigenvalue weighted by molar-refractivity contribution is 0.195. The molecule has 5 nitrogen and oxygen atoms in total. The van der Waals surface area contributed by atoms with Gasteiger partial charge in [-0.25, -0.2) is 15.0 Å². The van der Waals surface area contributed by atoms with E-state index in [2.05, 4.69) is 9.97 Å². The second-order valence-electron chi connectivity index (χ2n) is 5.90. The fraction of sp³-hybridized carbons (Fsp3) is 0.105. The van der Waals surface area contributed by atoms with Crippen molar-refractivity contribution in [2.24, 2.45) is 0 Å². The first kappa shape index (κ1) is 19.3. The second-order valence-corrected chi connectivity index (χ2v) is 8.41. The summed E-state index contributed by atoms with van der Waals surface area (Å²) < 4.78 is 1.01. The summed E-state index contributed by atoms with van der Waals surface area (Å²) in [4.78, 5) is 14.4. The zero-order valence-corrected chi connectivity index (χ0v) is 18.0. The average Bonchev–Trinajstić information content (AvgIpc) is 3.25. The molecule has 0 aliphatic carbocycles. The van der Waals surface area contributed by atoms with E-state index in [1.807, 2.05) is 24.6 Å². The minimum absolute atomic E-state index is 0.262. The summed E-state index contributed by atoms with van der Waals surface area (Å²) in [5, 5.41) is 14.5. The van der Waals surface area contributed by atoms with Crippen LogP contribution in [0.3, 0.4) is 0 Å². The maximum atomic E-state index is 11.1. The summed E-state index contributed by atoms with van der Waals surface area (Å²) in [6.07, 6.45) is 3.56. The Balaban J connectivity index is 2.04. The number of benzene rings is 1. The third-order valence-electron chi connectivity index (χ3n) is 4.18. The van der Waals surface area contributed by atoms with E-state index >= 15 is 0 Å². The lowest BCUT2D eigenvalue weighted by atomic mass is 10.1. The largest absolute Gasteiger partial charge is 0.426 e. The van der Waals surface area contributed by atoms with Crippen LogP contribution in [0.5, 0.6) is 0 Å². The third-order valence-corrected chi connectivity index (χ3v) is 6.39. The van der Waals surface area contributed by atoms with Crippen LogP contribution in [-0.2, 0) is 0 Å². The van der Waals surface area contributed by atoms with Gasteiger partial charge >= 0.3 is 0 Å². The van der Waals surface area contributed by atoms with Crippen LogP contribution in [0, 0.1) is 6.92 Å². The Morgan fingerprint density at radius 2 is 1.86 bits per heavy atom. The number of halogens is 2. The predicted molar refractivity (Wildman–Crippen MR) is 116 cm³/mol.